The number of nitrogens with one attached hydrogen (secondary N) is 2. The number of hydrogen-bond acceptors (Lipinski definition) is 7. The SMILES string of the molecule is CC(C)(C)OC(=O)N1CCN(Cc2cc(NC(=O)c3cccnc3NCc3ccncc3)cc(C(F)(F)F)c2)CC1. The van der Waals surface area contributed by atoms with Gasteiger partial charge in [0.15, 0.2) is 0 Å². The molecule has 0 saturated carbocycles. The molecule has 1 aliphatic heterocycles. The summed E-state index contributed by atoms with van der Waals surface area (Å²) in [7, 11) is 0. The highest BCUT2D eigenvalue weighted by atomic mass is 19.4. The molecule has 0 spiro atoms. The number of aromatic nitrogens is 2. The van der Waals surface area contributed by atoms with Crippen LogP contribution in [-0.2, 0) is 24.0 Å². The predicted octanol–water partition coefficient (Wildman–Crippen LogP) is 5.41. The van der Waals surface area contributed by atoms with E-state index in [2.05, 4.69) is 20.6 Å². The van der Waals surface area contributed by atoms with Crippen molar-refractivity contribution in [2.75, 3.05) is 36.8 Å². The molecule has 1 aliphatic rings. The molecule has 1 aromatic carbocycles. The lowest BCUT2D eigenvalue weighted by molar-refractivity contribution is -0.137. The molecule has 3 heterocycles. The number of benzene rings is 1. The molecule has 2 aromatic heterocycles. The van der Waals surface area contributed by atoms with Crippen LogP contribution >= 0.6 is 0 Å². The minimum absolute atomic E-state index is 0.0242. The lowest BCUT2D eigenvalue weighted by atomic mass is 10.1. The summed E-state index contributed by atoms with van der Waals surface area (Å²) in [6, 6.07) is 10.3. The molecule has 12 heteroatoms. The van der Waals surface area contributed by atoms with Gasteiger partial charge in [0.05, 0.1) is 11.1 Å². The summed E-state index contributed by atoms with van der Waals surface area (Å²) in [4.78, 5) is 37.3. The molecule has 0 bridgehead atoms. The number of amides is 2. The zero-order valence-corrected chi connectivity index (χ0v) is 23.2. The Morgan fingerprint density at radius 1 is 0.951 bits per heavy atom. The van der Waals surface area contributed by atoms with Gasteiger partial charge >= 0.3 is 12.3 Å². The van der Waals surface area contributed by atoms with Crippen molar-refractivity contribution in [1.82, 2.24) is 19.8 Å². The van der Waals surface area contributed by atoms with Gasteiger partial charge in [-0.2, -0.15) is 13.2 Å². The Balaban J connectivity index is 1.45. The fourth-order valence-electron chi connectivity index (χ4n) is 4.31. The van der Waals surface area contributed by atoms with E-state index < -0.39 is 29.3 Å². The molecular formula is C29H33F3N6O3. The van der Waals surface area contributed by atoms with Crippen LogP contribution in [0.25, 0.3) is 0 Å². The highest BCUT2D eigenvalue weighted by Crippen LogP contribution is 2.33. The zero-order valence-electron chi connectivity index (χ0n) is 23.2. The molecule has 1 fully saturated rings. The van der Waals surface area contributed by atoms with E-state index in [0.29, 0.717) is 44.1 Å². The zero-order chi connectivity index (χ0) is 29.6. The Hall–Kier alpha value is -4.19. The van der Waals surface area contributed by atoms with Gasteiger partial charge in [-0.05, 0) is 74.4 Å². The fraction of sp³-hybridized carbons (Fsp3) is 0.379. The molecular weight excluding hydrogens is 537 g/mol. The van der Waals surface area contributed by atoms with E-state index in [0.717, 1.165) is 17.7 Å². The predicted molar refractivity (Wildman–Crippen MR) is 148 cm³/mol. The number of piperazine rings is 1. The van der Waals surface area contributed by atoms with Gasteiger partial charge in [0, 0.05) is 63.5 Å². The molecule has 0 radical (unpaired) electrons. The Labute approximate surface area is 236 Å². The number of pyridine rings is 2. The average Bonchev–Trinajstić information content (AvgIpc) is 2.91. The minimum atomic E-state index is -4.60. The largest absolute Gasteiger partial charge is 0.444 e. The number of carbonyl (C=O) groups excluding carboxylic acids is 2. The van der Waals surface area contributed by atoms with Gasteiger partial charge in [-0.1, -0.05) is 0 Å². The van der Waals surface area contributed by atoms with Crippen LogP contribution in [0.5, 0.6) is 0 Å². The number of rotatable bonds is 7. The first kappa shape index (κ1) is 29.8. The third kappa shape index (κ3) is 8.65. The van der Waals surface area contributed by atoms with Crippen LogP contribution in [0.3, 0.4) is 0 Å². The maximum absolute atomic E-state index is 13.8. The first-order valence-electron chi connectivity index (χ1n) is 13.2. The monoisotopic (exact) mass is 570 g/mol. The molecule has 0 unspecified atom stereocenters. The van der Waals surface area contributed by atoms with E-state index in [1.807, 2.05) is 17.0 Å². The topological polar surface area (TPSA) is 99.7 Å². The number of alkyl halides is 3. The number of nitrogens with zero attached hydrogens (tertiary/aromatic N) is 4. The molecule has 218 valence electrons. The van der Waals surface area contributed by atoms with Gasteiger partial charge in [0.2, 0.25) is 0 Å². The van der Waals surface area contributed by atoms with Gasteiger partial charge in [0.1, 0.15) is 11.4 Å². The Morgan fingerprint density at radius 3 is 2.32 bits per heavy atom. The van der Waals surface area contributed by atoms with E-state index >= 15 is 0 Å². The van der Waals surface area contributed by atoms with Gasteiger partial charge in [-0.3, -0.25) is 14.7 Å². The maximum atomic E-state index is 13.8. The number of hydrogen-bond donors (Lipinski definition) is 2. The lowest BCUT2D eigenvalue weighted by Gasteiger charge is -2.35. The summed E-state index contributed by atoms with van der Waals surface area (Å²) in [6.07, 6.45) is -0.191. The first-order valence-corrected chi connectivity index (χ1v) is 13.2. The van der Waals surface area contributed by atoms with Crippen molar-refractivity contribution in [3.63, 3.8) is 0 Å². The van der Waals surface area contributed by atoms with Gasteiger partial charge in [-0.25, -0.2) is 9.78 Å². The van der Waals surface area contributed by atoms with Crippen molar-refractivity contribution in [3.8, 4) is 0 Å². The van der Waals surface area contributed by atoms with E-state index in [1.54, 1.807) is 50.2 Å². The molecule has 1 saturated heterocycles. The first-order chi connectivity index (χ1) is 19.4. The molecule has 3 aromatic rings. The van der Waals surface area contributed by atoms with Crippen molar-refractivity contribution < 1.29 is 27.5 Å². The van der Waals surface area contributed by atoms with Crippen molar-refractivity contribution in [2.45, 2.75) is 45.6 Å². The lowest BCUT2D eigenvalue weighted by Crippen LogP contribution is -2.49. The van der Waals surface area contributed by atoms with Crippen LogP contribution in [0.4, 0.5) is 29.5 Å². The third-order valence-corrected chi connectivity index (χ3v) is 6.27. The maximum Gasteiger partial charge on any atom is 0.416 e. The molecule has 9 nitrogen and oxygen atoms in total. The highest BCUT2D eigenvalue weighted by molar-refractivity contribution is 6.07. The molecule has 2 N–H and O–H groups in total. The minimum Gasteiger partial charge on any atom is -0.444 e. The van der Waals surface area contributed by atoms with Crippen molar-refractivity contribution >= 4 is 23.5 Å². The fourth-order valence-corrected chi connectivity index (χ4v) is 4.31. The quantitative estimate of drug-likeness (QED) is 0.392. The Bertz CT molecular complexity index is 1350. The summed E-state index contributed by atoms with van der Waals surface area (Å²) in [5.74, 6) is -0.288. The van der Waals surface area contributed by atoms with E-state index in [-0.39, 0.29) is 17.8 Å². The number of anilines is 2. The second-order valence-electron chi connectivity index (χ2n) is 10.7. The highest BCUT2D eigenvalue weighted by Gasteiger charge is 2.32. The van der Waals surface area contributed by atoms with Crippen LogP contribution < -0.4 is 10.6 Å². The summed E-state index contributed by atoms with van der Waals surface area (Å²) in [5.41, 5.74) is 0.0589. The Morgan fingerprint density at radius 2 is 1.66 bits per heavy atom. The second-order valence-corrected chi connectivity index (χ2v) is 10.7. The van der Waals surface area contributed by atoms with Crippen molar-refractivity contribution in [2.24, 2.45) is 0 Å². The van der Waals surface area contributed by atoms with Gasteiger partial charge in [-0.15, -0.1) is 0 Å². The van der Waals surface area contributed by atoms with Crippen LogP contribution in [0.1, 0.15) is 47.8 Å². The normalized spacial score (nSPS) is 14.4. The van der Waals surface area contributed by atoms with Crippen molar-refractivity contribution in [3.05, 3.63) is 83.3 Å². The molecule has 41 heavy (non-hydrogen) atoms. The second kappa shape index (κ2) is 12.5. The number of carbonyl (C=O) groups is 2. The van der Waals surface area contributed by atoms with E-state index in [9.17, 15) is 22.8 Å². The molecule has 0 atom stereocenters. The van der Waals surface area contributed by atoms with Gasteiger partial charge < -0.3 is 20.3 Å². The average molecular weight is 571 g/mol. The molecule has 4 rings (SSSR count). The summed E-state index contributed by atoms with van der Waals surface area (Å²) < 4.78 is 46.7. The van der Waals surface area contributed by atoms with E-state index in [1.165, 1.54) is 12.3 Å². The van der Waals surface area contributed by atoms with Crippen LogP contribution in [-0.4, -0.2) is 63.5 Å². The molecule has 2 amide bonds. The van der Waals surface area contributed by atoms with Crippen molar-refractivity contribution in [1.29, 1.82) is 0 Å². The summed E-state index contributed by atoms with van der Waals surface area (Å²) >= 11 is 0. The van der Waals surface area contributed by atoms with Crippen LogP contribution in [0.2, 0.25) is 0 Å². The standard InChI is InChI=1S/C29H33F3N6O3/c1-28(2,3)41-27(40)38-13-11-37(12-14-38)19-21-15-22(29(30,31)32)17-23(16-21)36-26(39)24-5-4-8-34-25(24)35-18-20-6-9-33-10-7-20/h4-10,15-17H,11-14,18-19H2,1-3H3,(H,34,35)(H,36,39). The third-order valence-electron chi connectivity index (χ3n) is 6.27. The summed E-state index contributed by atoms with van der Waals surface area (Å²) in [6.45, 7) is 7.72. The van der Waals surface area contributed by atoms with Crippen LogP contribution in [0, 0.1) is 0 Å². The Kier molecular flexibility index (Phi) is 9.11. The number of halogens is 3. The van der Waals surface area contributed by atoms with Gasteiger partial charge in [0.25, 0.3) is 5.91 Å². The molecule has 0 aliphatic carbocycles. The van der Waals surface area contributed by atoms with E-state index in [4.69, 9.17) is 4.74 Å². The van der Waals surface area contributed by atoms with Crippen LogP contribution in [0.15, 0.2) is 61.1 Å². The number of ether oxygens (including phenoxy) is 1. The smallest absolute Gasteiger partial charge is 0.416 e. The summed E-state index contributed by atoms with van der Waals surface area (Å²) in [5, 5.41) is 5.71.